The molecule has 156 valence electrons. The summed E-state index contributed by atoms with van der Waals surface area (Å²) < 4.78 is 6.53. The van der Waals surface area contributed by atoms with E-state index in [0.29, 0.717) is 23.7 Å². The molecule has 2 N–H and O–H groups in total. The van der Waals surface area contributed by atoms with Crippen LogP contribution in [0.5, 0.6) is 0 Å². The molecule has 1 saturated heterocycles. The number of H-pyrrole nitrogens is 1. The van der Waals surface area contributed by atoms with Gasteiger partial charge in [0.1, 0.15) is 5.65 Å². The molecular formula is C23H29BN4O2. The van der Waals surface area contributed by atoms with Gasteiger partial charge in [0.2, 0.25) is 0 Å². The summed E-state index contributed by atoms with van der Waals surface area (Å²) in [5.74, 6) is 2.20. The fourth-order valence-electron chi connectivity index (χ4n) is 7.60. The second kappa shape index (κ2) is 5.68. The van der Waals surface area contributed by atoms with E-state index >= 15 is 0 Å². The Bertz CT molecular complexity index is 1060. The van der Waals surface area contributed by atoms with Crippen LogP contribution in [0.4, 0.5) is 0 Å². The van der Waals surface area contributed by atoms with Crippen LogP contribution in [0, 0.1) is 23.7 Å². The monoisotopic (exact) mass is 404 g/mol. The van der Waals surface area contributed by atoms with Crippen molar-refractivity contribution in [3.8, 4) is 0 Å². The fourth-order valence-corrected chi connectivity index (χ4v) is 7.60. The molecule has 0 aromatic carbocycles. The molecule has 3 unspecified atom stereocenters. The van der Waals surface area contributed by atoms with Gasteiger partial charge in [-0.05, 0) is 76.2 Å². The van der Waals surface area contributed by atoms with Gasteiger partial charge in [-0.15, -0.1) is 0 Å². The molecule has 5 atom stereocenters. The topological polar surface area (TPSA) is 73.7 Å². The smallest absolute Gasteiger partial charge is 0.407 e. The van der Waals surface area contributed by atoms with Gasteiger partial charge in [-0.25, -0.2) is 4.98 Å². The van der Waals surface area contributed by atoms with Crippen LogP contribution >= 0.6 is 0 Å². The highest BCUT2D eigenvalue weighted by Gasteiger charge is 2.57. The van der Waals surface area contributed by atoms with Crippen LogP contribution in [0.3, 0.4) is 0 Å². The summed E-state index contributed by atoms with van der Waals surface area (Å²) in [5, 5.41) is 17.6. The predicted octanol–water partition coefficient (Wildman–Crippen LogP) is 2.66. The zero-order valence-corrected chi connectivity index (χ0v) is 17.8. The van der Waals surface area contributed by atoms with Crippen LogP contribution in [-0.4, -0.2) is 50.5 Å². The third kappa shape index (κ3) is 2.39. The molecule has 8 rings (SSSR count). The molecular weight excluding hydrogens is 375 g/mol. The lowest BCUT2D eigenvalue weighted by atomic mass is 9.48. The predicted molar refractivity (Wildman–Crippen MR) is 117 cm³/mol. The lowest BCUT2D eigenvalue weighted by Crippen LogP contribution is -2.63. The molecule has 4 bridgehead atoms. The second-order valence-electron chi connectivity index (χ2n) is 11.2. The highest BCUT2D eigenvalue weighted by atomic mass is 16.5. The number of hydrogen-bond donors (Lipinski definition) is 2. The van der Waals surface area contributed by atoms with Crippen LogP contribution in [0.15, 0.2) is 23.6 Å². The lowest BCUT2D eigenvalue weighted by molar-refractivity contribution is -0.138. The summed E-state index contributed by atoms with van der Waals surface area (Å²) in [6.45, 7) is 5.24. The second-order valence-corrected chi connectivity index (χ2v) is 11.2. The number of pyridine rings is 1. The maximum absolute atomic E-state index is 11.1. The first-order chi connectivity index (χ1) is 14.4. The van der Waals surface area contributed by atoms with E-state index in [1.807, 2.05) is 12.4 Å². The number of hydrazone groups is 1. The van der Waals surface area contributed by atoms with Crippen molar-refractivity contribution in [1.29, 1.82) is 0 Å². The van der Waals surface area contributed by atoms with E-state index in [1.165, 1.54) is 24.1 Å². The first-order valence-electron chi connectivity index (χ1n) is 11.6. The van der Waals surface area contributed by atoms with Gasteiger partial charge in [0.25, 0.3) is 0 Å². The van der Waals surface area contributed by atoms with Gasteiger partial charge < -0.3 is 19.7 Å². The van der Waals surface area contributed by atoms with Crippen molar-refractivity contribution in [2.75, 3.05) is 6.54 Å². The van der Waals surface area contributed by atoms with Crippen LogP contribution in [0.25, 0.3) is 11.0 Å². The molecule has 4 saturated carbocycles. The number of aromatic nitrogens is 2. The van der Waals surface area contributed by atoms with E-state index in [9.17, 15) is 5.11 Å². The Balaban J connectivity index is 1.40. The summed E-state index contributed by atoms with van der Waals surface area (Å²) in [4.78, 5) is 10.2. The molecule has 0 spiro atoms. The maximum atomic E-state index is 11.1. The Labute approximate surface area is 177 Å². The van der Waals surface area contributed by atoms with Crippen LogP contribution in [-0.2, 0) is 4.65 Å². The molecule has 2 aliphatic heterocycles. The number of nitrogens with one attached hydrogen (secondary N) is 1. The zero-order chi connectivity index (χ0) is 20.3. The van der Waals surface area contributed by atoms with Crippen molar-refractivity contribution in [2.45, 2.75) is 63.6 Å². The van der Waals surface area contributed by atoms with Crippen molar-refractivity contribution in [2.24, 2.45) is 28.8 Å². The van der Waals surface area contributed by atoms with E-state index in [1.54, 1.807) is 0 Å². The van der Waals surface area contributed by atoms with Gasteiger partial charge in [-0.3, -0.25) is 0 Å². The van der Waals surface area contributed by atoms with Crippen molar-refractivity contribution < 1.29 is 9.76 Å². The highest BCUT2D eigenvalue weighted by molar-refractivity contribution is 6.68. The number of rotatable bonds is 1. The van der Waals surface area contributed by atoms with E-state index < -0.39 is 5.60 Å². The number of nitrogens with zero attached hydrogens (tertiary/aromatic N) is 3. The highest BCUT2D eigenvalue weighted by Crippen LogP contribution is 2.59. The van der Waals surface area contributed by atoms with Crippen molar-refractivity contribution in [1.82, 2.24) is 14.9 Å². The fraction of sp³-hybridized carbons (Fsp3) is 0.652. The van der Waals surface area contributed by atoms with Crippen LogP contribution in [0.2, 0.25) is 0 Å². The molecule has 6 nitrogen and oxygen atoms in total. The number of fused-ring (bicyclic) bond motifs is 5. The molecule has 6 aliphatic rings. The van der Waals surface area contributed by atoms with Crippen molar-refractivity contribution in [3.63, 3.8) is 0 Å². The Kier molecular flexibility index (Phi) is 3.37. The zero-order valence-electron chi connectivity index (χ0n) is 17.8. The van der Waals surface area contributed by atoms with E-state index in [0.717, 1.165) is 48.7 Å². The molecule has 5 fully saturated rings. The van der Waals surface area contributed by atoms with Gasteiger partial charge in [-0.1, -0.05) is 0 Å². The Morgan fingerprint density at radius 3 is 2.80 bits per heavy atom. The molecule has 4 aliphatic carbocycles. The third-order valence-corrected chi connectivity index (χ3v) is 8.58. The summed E-state index contributed by atoms with van der Waals surface area (Å²) >= 11 is 0. The number of aromatic amines is 1. The normalized spacial score (nSPS) is 38.6. The molecule has 30 heavy (non-hydrogen) atoms. The first kappa shape index (κ1) is 17.8. The summed E-state index contributed by atoms with van der Waals surface area (Å²) in [7, 11) is -0.166. The largest absolute Gasteiger partial charge is 0.471 e. The van der Waals surface area contributed by atoms with E-state index in [2.05, 4.69) is 29.8 Å². The molecule has 4 heterocycles. The van der Waals surface area contributed by atoms with Gasteiger partial charge in [-0.2, -0.15) is 5.10 Å². The third-order valence-electron chi connectivity index (χ3n) is 8.58. The average Bonchev–Trinajstić information content (AvgIpc) is 3.15. The maximum Gasteiger partial charge on any atom is 0.471 e. The van der Waals surface area contributed by atoms with Gasteiger partial charge in [0, 0.05) is 46.9 Å². The standard InChI is InChI=1S/C23H29BN4O2/c1-22(2)4-6-28-24(30-22)17-12-26-21-16(3-5-25-21)19(17)20(27-28)18-14-7-13-8-15(18)11-23(29,9-13)10-14/h3,5,12-15,18,29H,4,6-11H2,1-2H3,(H,25,26)/t13?,14-,15+,18?,23?. The molecule has 0 amide bonds. The summed E-state index contributed by atoms with van der Waals surface area (Å²) in [5.41, 5.74) is 3.97. The van der Waals surface area contributed by atoms with E-state index in [-0.39, 0.29) is 12.7 Å². The number of aliphatic hydroxyl groups is 1. The quantitative estimate of drug-likeness (QED) is 0.717. The minimum absolute atomic E-state index is 0.162. The molecule has 7 heteroatoms. The molecule has 2 aromatic heterocycles. The minimum Gasteiger partial charge on any atom is -0.407 e. The number of hydrogen-bond acceptors (Lipinski definition) is 5. The molecule has 0 radical (unpaired) electrons. The van der Waals surface area contributed by atoms with Gasteiger partial charge in [0.05, 0.1) is 11.3 Å². The molecule has 2 aromatic rings. The SMILES string of the molecule is CC1(C)CCN2N=C(C3[C@@H]4CC5C[C@H]3CC(O)(C5)C4)c3c(cnc4[nH]ccc34)B2O1. The van der Waals surface area contributed by atoms with Gasteiger partial charge >= 0.3 is 7.05 Å². The van der Waals surface area contributed by atoms with E-state index in [4.69, 9.17) is 14.7 Å². The van der Waals surface area contributed by atoms with Crippen molar-refractivity contribution in [3.05, 3.63) is 24.0 Å². The average molecular weight is 404 g/mol. The van der Waals surface area contributed by atoms with Crippen LogP contribution in [0.1, 0.15) is 57.9 Å². The Morgan fingerprint density at radius 2 is 2.03 bits per heavy atom. The van der Waals surface area contributed by atoms with Gasteiger partial charge in [0.15, 0.2) is 0 Å². The Hall–Kier alpha value is -1.86. The minimum atomic E-state index is -0.423. The van der Waals surface area contributed by atoms with Crippen molar-refractivity contribution >= 4 is 29.3 Å². The summed E-state index contributed by atoms with van der Waals surface area (Å²) in [6.07, 6.45) is 10.3. The summed E-state index contributed by atoms with van der Waals surface area (Å²) in [6, 6.07) is 2.14. The Morgan fingerprint density at radius 1 is 1.23 bits per heavy atom. The van der Waals surface area contributed by atoms with Crippen LogP contribution < -0.4 is 5.46 Å². The lowest BCUT2D eigenvalue weighted by Gasteiger charge is -2.58. The first-order valence-corrected chi connectivity index (χ1v) is 11.6.